The number of nitrogens with one attached hydrogen (secondary N) is 1. The van der Waals surface area contributed by atoms with Gasteiger partial charge in [-0.1, -0.05) is 33.6 Å². The summed E-state index contributed by atoms with van der Waals surface area (Å²) in [4.78, 5) is 0. The third-order valence-corrected chi connectivity index (χ3v) is 2.77. The highest BCUT2D eigenvalue weighted by Gasteiger charge is 2.44. The molecule has 1 aliphatic carbocycles. The molecule has 11 heavy (non-hydrogen) atoms. The first-order chi connectivity index (χ1) is 5.31. The van der Waals surface area contributed by atoms with Gasteiger partial charge in [-0.25, -0.2) is 0 Å². The summed E-state index contributed by atoms with van der Waals surface area (Å²) in [5, 5.41) is 3.48. The zero-order valence-electron chi connectivity index (χ0n) is 8.11. The maximum atomic E-state index is 3.48. The SMILES string of the molecule is CC.CC1CCCC2(CN2)C1. The topological polar surface area (TPSA) is 21.9 Å². The Bertz CT molecular complexity index is 116. The lowest BCUT2D eigenvalue weighted by molar-refractivity contribution is 0.321. The summed E-state index contributed by atoms with van der Waals surface area (Å²) in [5.41, 5.74) is 0.650. The van der Waals surface area contributed by atoms with Gasteiger partial charge in [-0.3, -0.25) is 0 Å². The Kier molecular flexibility index (Phi) is 2.94. The second-order valence-corrected chi connectivity index (χ2v) is 3.84. The summed E-state index contributed by atoms with van der Waals surface area (Å²) in [6, 6.07) is 0. The van der Waals surface area contributed by atoms with Gasteiger partial charge in [-0.15, -0.1) is 0 Å². The first-order valence-corrected chi connectivity index (χ1v) is 5.06. The molecule has 1 spiro atoms. The smallest absolute Gasteiger partial charge is 0.0309 e. The average Bonchev–Trinajstić information content (AvgIpc) is 2.73. The first kappa shape index (κ1) is 9.05. The van der Waals surface area contributed by atoms with E-state index in [9.17, 15) is 0 Å². The first-order valence-electron chi connectivity index (χ1n) is 5.06. The minimum absolute atomic E-state index is 0.650. The number of hydrogen-bond donors (Lipinski definition) is 1. The van der Waals surface area contributed by atoms with Crippen LogP contribution in [0, 0.1) is 5.92 Å². The summed E-state index contributed by atoms with van der Waals surface area (Å²) >= 11 is 0. The Morgan fingerprint density at radius 3 is 2.36 bits per heavy atom. The minimum atomic E-state index is 0.650. The lowest BCUT2D eigenvalue weighted by Crippen LogP contribution is -2.23. The van der Waals surface area contributed by atoms with Crippen molar-refractivity contribution >= 4 is 0 Å². The van der Waals surface area contributed by atoms with Crippen LogP contribution in [0.4, 0.5) is 0 Å². The molecule has 0 radical (unpaired) electrons. The molecule has 2 atom stereocenters. The molecular formula is C10H21N. The molecule has 1 aliphatic heterocycles. The monoisotopic (exact) mass is 155 g/mol. The largest absolute Gasteiger partial charge is 0.308 e. The van der Waals surface area contributed by atoms with Gasteiger partial charge in [0.05, 0.1) is 0 Å². The van der Waals surface area contributed by atoms with Crippen molar-refractivity contribution < 1.29 is 0 Å². The second-order valence-electron chi connectivity index (χ2n) is 3.84. The van der Waals surface area contributed by atoms with Crippen LogP contribution in [0.1, 0.15) is 46.5 Å². The highest BCUT2D eigenvalue weighted by Crippen LogP contribution is 2.37. The van der Waals surface area contributed by atoms with Crippen LogP contribution in [-0.2, 0) is 0 Å². The maximum Gasteiger partial charge on any atom is 0.0309 e. The summed E-state index contributed by atoms with van der Waals surface area (Å²) in [5.74, 6) is 0.980. The lowest BCUT2D eigenvalue weighted by Gasteiger charge is -2.24. The fourth-order valence-corrected chi connectivity index (χ4v) is 2.11. The van der Waals surface area contributed by atoms with E-state index in [4.69, 9.17) is 0 Å². The van der Waals surface area contributed by atoms with Gasteiger partial charge in [0.1, 0.15) is 0 Å². The zero-order valence-corrected chi connectivity index (χ0v) is 8.11. The predicted octanol–water partition coefficient (Wildman–Crippen LogP) is 2.56. The van der Waals surface area contributed by atoms with Crippen LogP contribution in [-0.4, -0.2) is 12.1 Å². The molecule has 0 aromatic heterocycles. The fraction of sp³-hybridized carbons (Fsp3) is 1.00. The van der Waals surface area contributed by atoms with Crippen molar-refractivity contribution in [2.45, 2.75) is 52.0 Å². The van der Waals surface area contributed by atoms with E-state index < -0.39 is 0 Å². The van der Waals surface area contributed by atoms with Crippen LogP contribution < -0.4 is 5.32 Å². The van der Waals surface area contributed by atoms with Gasteiger partial charge in [-0.2, -0.15) is 0 Å². The van der Waals surface area contributed by atoms with Gasteiger partial charge in [0, 0.05) is 12.1 Å². The molecule has 0 aromatic carbocycles. The van der Waals surface area contributed by atoms with Crippen molar-refractivity contribution in [3.8, 4) is 0 Å². The third-order valence-electron chi connectivity index (χ3n) is 2.77. The molecule has 1 N–H and O–H groups in total. The Hall–Kier alpha value is -0.0400. The highest BCUT2D eigenvalue weighted by molar-refractivity contribution is 5.06. The molecule has 2 fully saturated rings. The van der Waals surface area contributed by atoms with Crippen LogP contribution >= 0.6 is 0 Å². The van der Waals surface area contributed by atoms with Crippen molar-refractivity contribution in [3.63, 3.8) is 0 Å². The molecule has 1 saturated heterocycles. The van der Waals surface area contributed by atoms with Crippen molar-refractivity contribution in [2.75, 3.05) is 6.54 Å². The number of hydrogen-bond acceptors (Lipinski definition) is 1. The lowest BCUT2D eigenvalue weighted by atomic mass is 9.82. The van der Waals surface area contributed by atoms with E-state index in [-0.39, 0.29) is 0 Å². The fourth-order valence-electron chi connectivity index (χ4n) is 2.11. The molecule has 1 heteroatoms. The van der Waals surface area contributed by atoms with Crippen molar-refractivity contribution in [3.05, 3.63) is 0 Å². The quantitative estimate of drug-likeness (QED) is 0.533. The van der Waals surface area contributed by atoms with Crippen molar-refractivity contribution in [2.24, 2.45) is 5.92 Å². The standard InChI is InChI=1S/C8H15N.C2H6/c1-7-3-2-4-8(5-7)6-9-8;1-2/h7,9H,2-6H2,1H3;1-2H3. The molecule has 1 nitrogen and oxygen atoms in total. The maximum absolute atomic E-state index is 3.48. The predicted molar refractivity (Wildman–Crippen MR) is 49.7 cm³/mol. The average molecular weight is 155 g/mol. The van der Waals surface area contributed by atoms with Crippen molar-refractivity contribution in [1.29, 1.82) is 0 Å². The van der Waals surface area contributed by atoms with E-state index in [1.54, 1.807) is 0 Å². The third kappa shape index (κ3) is 2.19. The van der Waals surface area contributed by atoms with E-state index in [1.807, 2.05) is 13.8 Å². The molecule has 0 amide bonds. The molecule has 0 aromatic rings. The van der Waals surface area contributed by atoms with E-state index >= 15 is 0 Å². The van der Waals surface area contributed by atoms with Crippen LogP contribution in [0.2, 0.25) is 0 Å². The summed E-state index contributed by atoms with van der Waals surface area (Å²) in [6.45, 7) is 7.68. The molecule has 1 heterocycles. The Balaban J connectivity index is 0.000000281. The van der Waals surface area contributed by atoms with Gasteiger partial charge in [0.2, 0.25) is 0 Å². The zero-order chi connectivity index (χ0) is 8.32. The molecule has 2 aliphatic rings. The van der Waals surface area contributed by atoms with E-state index in [2.05, 4.69) is 12.2 Å². The molecule has 2 unspecified atom stereocenters. The summed E-state index contributed by atoms with van der Waals surface area (Å²) in [6.07, 6.45) is 5.79. The summed E-state index contributed by atoms with van der Waals surface area (Å²) in [7, 11) is 0. The molecule has 1 saturated carbocycles. The van der Waals surface area contributed by atoms with Gasteiger partial charge in [-0.05, 0) is 18.8 Å². The van der Waals surface area contributed by atoms with Crippen LogP contribution in [0.15, 0.2) is 0 Å². The molecule has 2 rings (SSSR count). The van der Waals surface area contributed by atoms with Crippen LogP contribution in [0.5, 0.6) is 0 Å². The molecular weight excluding hydrogens is 134 g/mol. The Labute approximate surface area is 70.6 Å². The van der Waals surface area contributed by atoms with Gasteiger partial charge >= 0.3 is 0 Å². The van der Waals surface area contributed by atoms with E-state index in [0.717, 1.165) is 5.92 Å². The van der Waals surface area contributed by atoms with Gasteiger partial charge in [0.25, 0.3) is 0 Å². The van der Waals surface area contributed by atoms with Gasteiger partial charge in [0.15, 0.2) is 0 Å². The number of rotatable bonds is 0. The molecule has 66 valence electrons. The van der Waals surface area contributed by atoms with E-state index in [0.29, 0.717) is 5.54 Å². The Morgan fingerprint density at radius 2 is 2.00 bits per heavy atom. The van der Waals surface area contributed by atoms with Crippen molar-refractivity contribution in [1.82, 2.24) is 5.32 Å². The second kappa shape index (κ2) is 3.57. The van der Waals surface area contributed by atoms with Crippen LogP contribution in [0.25, 0.3) is 0 Å². The summed E-state index contributed by atoms with van der Waals surface area (Å²) < 4.78 is 0. The molecule has 0 bridgehead atoms. The van der Waals surface area contributed by atoms with Gasteiger partial charge < -0.3 is 5.32 Å². The minimum Gasteiger partial charge on any atom is -0.308 e. The Morgan fingerprint density at radius 1 is 1.36 bits per heavy atom. The van der Waals surface area contributed by atoms with Crippen LogP contribution in [0.3, 0.4) is 0 Å². The van der Waals surface area contributed by atoms with E-state index in [1.165, 1.54) is 32.2 Å². The highest BCUT2D eigenvalue weighted by atomic mass is 15.2. The normalized spacial score (nSPS) is 41.2.